The van der Waals surface area contributed by atoms with Crippen LogP contribution in [0.5, 0.6) is 5.75 Å². The Labute approximate surface area is 127 Å². The molecule has 0 fully saturated rings. The van der Waals surface area contributed by atoms with Crippen LogP contribution in [0.2, 0.25) is 0 Å². The van der Waals surface area contributed by atoms with E-state index in [1.807, 2.05) is 18.2 Å². The van der Waals surface area contributed by atoms with Crippen LogP contribution in [0.3, 0.4) is 0 Å². The van der Waals surface area contributed by atoms with Crippen molar-refractivity contribution in [2.24, 2.45) is 0 Å². The van der Waals surface area contributed by atoms with Gasteiger partial charge in [0.2, 0.25) is 0 Å². The first kappa shape index (κ1) is 14.4. The van der Waals surface area contributed by atoms with E-state index in [-0.39, 0.29) is 0 Å². The molecule has 0 bridgehead atoms. The molecule has 0 N–H and O–H groups in total. The van der Waals surface area contributed by atoms with Gasteiger partial charge in [0.05, 0.1) is 7.11 Å². The Balaban J connectivity index is 2.23. The zero-order valence-electron chi connectivity index (χ0n) is 10.8. The molecule has 0 saturated carbocycles. The standard InChI is InChI=1S/C16H16BrClO/c1-19-15-7-8-16(17)13(10-15)9-14(11-18)12-5-3-2-4-6-12/h2-8,10,14H,9,11H2,1H3. The quantitative estimate of drug-likeness (QED) is 0.695. The van der Waals surface area contributed by atoms with Crippen LogP contribution in [0.25, 0.3) is 0 Å². The van der Waals surface area contributed by atoms with E-state index in [1.165, 1.54) is 11.1 Å². The smallest absolute Gasteiger partial charge is 0.119 e. The van der Waals surface area contributed by atoms with Gasteiger partial charge in [-0.25, -0.2) is 0 Å². The Morgan fingerprint density at radius 1 is 1.16 bits per heavy atom. The fourth-order valence-electron chi connectivity index (χ4n) is 2.09. The van der Waals surface area contributed by atoms with Gasteiger partial charge in [0, 0.05) is 16.3 Å². The van der Waals surface area contributed by atoms with E-state index in [2.05, 4.69) is 46.3 Å². The lowest BCUT2D eigenvalue weighted by Crippen LogP contribution is -2.05. The first-order valence-electron chi connectivity index (χ1n) is 6.18. The maximum atomic E-state index is 6.13. The Morgan fingerprint density at radius 2 is 1.89 bits per heavy atom. The van der Waals surface area contributed by atoms with Gasteiger partial charge in [0.15, 0.2) is 0 Å². The van der Waals surface area contributed by atoms with Crippen molar-refractivity contribution in [1.29, 1.82) is 0 Å². The van der Waals surface area contributed by atoms with E-state index in [4.69, 9.17) is 16.3 Å². The van der Waals surface area contributed by atoms with Crippen LogP contribution in [-0.4, -0.2) is 13.0 Å². The number of methoxy groups -OCH3 is 1. The fourth-order valence-corrected chi connectivity index (χ4v) is 2.78. The zero-order valence-corrected chi connectivity index (χ0v) is 13.1. The van der Waals surface area contributed by atoms with Crippen LogP contribution >= 0.6 is 27.5 Å². The fraction of sp³-hybridized carbons (Fsp3) is 0.250. The summed E-state index contributed by atoms with van der Waals surface area (Å²) in [6, 6.07) is 16.4. The number of ether oxygens (including phenoxy) is 1. The van der Waals surface area contributed by atoms with Gasteiger partial charge in [-0.05, 0) is 35.7 Å². The van der Waals surface area contributed by atoms with Crippen molar-refractivity contribution in [3.63, 3.8) is 0 Å². The molecule has 3 heteroatoms. The molecule has 2 aromatic rings. The first-order valence-corrected chi connectivity index (χ1v) is 7.50. The summed E-state index contributed by atoms with van der Waals surface area (Å²) in [6.45, 7) is 0. The molecule has 0 radical (unpaired) electrons. The average Bonchev–Trinajstić information content (AvgIpc) is 2.47. The third-order valence-electron chi connectivity index (χ3n) is 3.18. The summed E-state index contributed by atoms with van der Waals surface area (Å²) in [4.78, 5) is 0. The lowest BCUT2D eigenvalue weighted by atomic mass is 9.93. The van der Waals surface area contributed by atoms with Gasteiger partial charge >= 0.3 is 0 Å². The molecule has 1 nitrogen and oxygen atoms in total. The summed E-state index contributed by atoms with van der Waals surface area (Å²) in [7, 11) is 1.68. The number of rotatable bonds is 5. The second kappa shape index (κ2) is 6.97. The molecule has 0 aliphatic rings. The molecular weight excluding hydrogens is 324 g/mol. The Morgan fingerprint density at radius 3 is 2.53 bits per heavy atom. The highest BCUT2D eigenvalue weighted by Gasteiger charge is 2.13. The van der Waals surface area contributed by atoms with E-state index >= 15 is 0 Å². The molecule has 2 rings (SSSR count). The average molecular weight is 340 g/mol. The number of halogens is 2. The minimum Gasteiger partial charge on any atom is -0.497 e. The van der Waals surface area contributed by atoms with Gasteiger partial charge in [-0.3, -0.25) is 0 Å². The van der Waals surface area contributed by atoms with Gasteiger partial charge in [-0.1, -0.05) is 46.3 Å². The SMILES string of the molecule is COc1ccc(Br)c(CC(CCl)c2ccccc2)c1. The van der Waals surface area contributed by atoms with Crippen molar-refractivity contribution in [1.82, 2.24) is 0 Å². The van der Waals surface area contributed by atoms with E-state index in [0.717, 1.165) is 16.6 Å². The molecule has 0 spiro atoms. The topological polar surface area (TPSA) is 9.23 Å². The Hall–Kier alpha value is -0.990. The number of benzene rings is 2. The van der Waals surface area contributed by atoms with Crippen molar-refractivity contribution in [2.75, 3.05) is 13.0 Å². The third-order valence-corrected chi connectivity index (χ3v) is 4.32. The predicted octanol–water partition coefficient (Wildman–Crippen LogP) is 5.02. The number of hydrogen-bond donors (Lipinski definition) is 0. The molecular formula is C16H16BrClO. The largest absolute Gasteiger partial charge is 0.497 e. The molecule has 0 amide bonds. The van der Waals surface area contributed by atoms with Crippen molar-refractivity contribution in [3.05, 3.63) is 64.1 Å². The predicted molar refractivity (Wildman–Crippen MR) is 84.3 cm³/mol. The van der Waals surface area contributed by atoms with E-state index in [0.29, 0.717) is 11.8 Å². The summed E-state index contributed by atoms with van der Waals surface area (Å²) in [5, 5.41) is 0. The van der Waals surface area contributed by atoms with Gasteiger partial charge < -0.3 is 4.74 Å². The molecule has 0 aromatic heterocycles. The van der Waals surface area contributed by atoms with Gasteiger partial charge in [0.1, 0.15) is 5.75 Å². The summed E-state index contributed by atoms with van der Waals surface area (Å²) >= 11 is 9.72. The van der Waals surface area contributed by atoms with Gasteiger partial charge in [-0.2, -0.15) is 0 Å². The number of alkyl halides is 1. The highest BCUT2D eigenvalue weighted by molar-refractivity contribution is 9.10. The third kappa shape index (κ3) is 3.74. The molecule has 1 unspecified atom stereocenters. The van der Waals surface area contributed by atoms with E-state index in [9.17, 15) is 0 Å². The molecule has 0 saturated heterocycles. The van der Waals surface area contributed by atoms with Crippen molar-refractivity contribution >= 4 is 27.5 Å². The normalized spacial score (nSPS) is 12.2. The van der Waals surface area contributed by atoms with Crippen LogP contribution in [0.4, 0.5) is 0 Å². The van der Waals surface area contributed by atoms with Crippen molar-refractivity contribution in [3.8, 4) is 5.75 Å². The van der Waals surface area contributed by atoms with Gasteiger partial charge in [0.25, 0.3) is 0 Å². The zero-order chi connectivity index (χ0) is 13.7. The highest BCUT2D eigenvalue weighted by atomic mass is 79.9. The van der Waals surface area contributed by atoms with Crippen molar-refractivity contribution < 1.29 is 4.74 Å². The molecule has 1 atom stereocenters. The van der Waals surface area contributed by atoms with Crippen LogP contribution in [-0.2, 0) is 6.42 Å². The molecule has 100 valence electrons. The molecule has 0 aliphatic carbocycles. The molecule has 0 heterocycles. The maximum Gasteiger partial charge on any atom is 0.119 e. The van der Waals surface area contributed by atoms with Crippen LogP contribution in [0, 0.1) is 0 Å². The summed E-state index contributed by atoms with van der Waals surface area (Å²) in [5.41, 5.74) is 2.49. The van der Waals surface area contributed by atoms with Gasteiger partial charge in [-0.15, -0.1) is 11.6 Å². The van der Waals surface area contributed by atoms with Crippen LogP contribution in [0.15, 0.2) is 53.0 Å². The summed E-state index contributed by atoms with van der Waals surface area (Å²) < 4.78 is 6.37. The number of hydrogen-bond acceptors (Lipinski definition) is 1. The second-order valence-corrected chi connectivity index (χ2v) is 5.59. The molecule has 0 aliphatic heterocycles. The first-order chi connectivity index (χ1) is 9.24. The summed E-state index contributed by atoms with van der Waals surface area (Å²) in [5.74, 6) is 1.79. The lowest BCUT2D eigenvalue weighted by molar-refractivity contribution is 0.414. The van der Waals surface area contributed by atoms with Crippen LogP contribution < -0.4 is 4.74 Å². The Bertz CT molecular complexity index is 528. The highest BCUT2D eigenvalue weighted by Crippen LogP contribution is 2.29. The van der Waals surface area contributed by atoms with E-state index in [1.54, 1.807) is 7.11 Å². The van der Waals surface area contributed by atoms with E-state index < -0.39 is 0 Å². The molecule has 19 heavy (non-hydrogen) atoms. The minimum absolute atomic E-state index is 0.311. The molecule has 2 aromatic carbocycles. The summed E-state index contributed by atoms with van der Waals surface area (Å²) in [6.07, 6.45) is 0.894. The van der Waals surface area contributed by atoms with Crippen molar-refractivity contribution in [2.45, 2.75) is 12.3 Å². The maximum absolute atomic E-state index is 6.13. The monoisotopic (exact) mass is 338 g/mol. The van der Waals surface area contributed by atoms with Crippen LogP contribution in [0.1, 0.15) is 17.0 Å². The Kier molecular flexibility index (Phi) is 5.29. The lowest BCUT2D eigenvalue weighted by Gasteiger charge is -2.16. The minimum atomic E-state index is 0.311. The second-order valence-electron chi connectivity index (χ2n) is 4.42.